The summed E-state index contributed by atoms with van der Waals surface area (Å²) in [5.74, 6) is -0.0740. The summed E-state index contributed by atoms with van der Waals surface area (Å²) >= 11 is 1.30. The summed E-state index contributed by atoms with van der Waals surface area (Å²) in [7, 11) is 0. The van der Waals surface area contributed by atoms with Crippen LogP contribution in [0, 0.1) is 0 Å². The summed E-state index contributed by atoms with van der Waals surface area (Å²) in [5.41, 5.74) is 1.86. The zero-order valence-corrected chi connectivity index (χ0v) is 16.8. The number of aromatic nitrogens is 3. The molecule has 2 heterocycles. The molecule has 2 N–H and O–H groups in total. The van der Waals surface area contributed by atoms with Gasteiger partial charge in [0.15, 0.2) is 0 Å². The zero-order valence-electron chi connectivity index (χ0n) is 16.0. The first-order valence-electron chi connectivity index (χ1n) is 9.59. The average Bonchev–Trinajstić information content (AvgIpc) is 3.14. The van der Waals surface area contributed by atoms with E-state index in [0.717, 1.165) is 24.9 Å². The van der Waals surface area contributed by atoms with E-state index in [-0.39, 0.29) is 11.5 Å². The monoisotopic (exact) mass is 407 g/mol. The summed E-state index contributed by atoms with van der Waals surface area (Å²) in [4.78, 5) is 29.8. The van der Waals surface area contributed by atoms with Gasteiger partial charge in [0, 0.05) is 17.8 Å². The molecule has 2 aromatic carbocycles. The van der Waals surface area contributed by atoms with Crippen LogP contribution < -0.4 is 16.2 Å². The van der Waals surface area contributed by atoms with E-state index >= 15 is 0 Å². The second-order valence-electron chi connectivity index (χ2n) is 6.70. The molecule has 7 nitrogen and oxygen atoms in total. The van der Waals surface area contributed by atoms with E-state index in [9.17, 15) is 9.59 Å². The molecule has 0 unspecified atom stereocenters. The highest BCUT2D eigenvalue weighted by atomic mass is 32.1. The predicted molar refractivity (Wildman–Crippen MR) is 116 cm³/mol. The minimum Gasteiger partial charge on any atom is -0.352 e. The van der Waals surface area contributed by atoms with Gasteiger partial charge in [-0.2, -0.15) is 4.52 Å². The minimum atomic E-state index is -0.190. The lowest BCUT2D eigenvalue weighted by molar-refractivity contribution is 0.0953. The summed E-state index contributed by atoms with van der Waals surface area (Å²) in [6.45, 7) is 2.82. The Kier molecular flexibility index (Phi) is 5.53. The molecule has 4 rings (SSSR count). The van der Waals surface area contributed by atoms with Crippen LogP contribution in [0.15, 0.2) is 53.3 Å². The lowest BCUT2D eigenvalue weighted by atomic mass is 10.2. The van der Waals surface area contributed by atoms with Gasteiger partial charge in [-0.3, -0.25) is 9.59 Å². The number of hydrogen-bond donors (Lipinski definition) is 2. The molecular formula is C21H21N5O2S. The van der Waals surface area contributed by atoms with Crippen molar-refractivity contribution >= 4 is 43.9 Å². The highest BCUT2D eigenvalue weighted by Crippen LogP contribution is 2.23. The van der Waals surface area contributed by atoms with Gasteiger partial charge in [-0.05, 0) is 42.8 Å². The van der Waals surface area contributed by atoms with Gasteiger partial charge in [-0.25, -0.2) is 4.98 Å². The Hall–Kier alpha value is -3.26. The Balaban J connectivity index is 1.50. The molecule has 0 saturated heterocycles. The normalized spacial score (nSPS) is 11.1. The van der Waals surface area contributed by atoms with Crippen molar-refractivity contribution in [3.8, 4) is 0 Å². The van der Waals surface area contributed by atoms with Gasteiger partial charge in [0.25, 0.3) is 11.5 Å². The molecule has 0 aliphatic carbocycles. The van der Waals surface area contributed by atoms with Crippen LogP contribution in [-0.2, 0) is 0 Å². The highest BCUT2D eigenvalue weighted by molar-refractivity contribution is 7.20. The third-order valence-corrected chi connectivity index (χ3v) is 5.39. The number of carbonyl (C=O) groups excluding carboxylic acids is 1. The van der Waals surface area contributed by atoms with Gasteiger partial charge in [-0.1, -0.05) is 43.2 Å². The molecule has 0 aliphatic rings. The third kappa shape index (κ3) is 4.12. The average molecular weight is 407 g/mol. The largest absolute Gasteiger partial charge is 0.352 e. The maximum absolute atomic E-state index is 12.6. The van der Waals surface area contributed by atoms with Gasteiger partial charge < -0.3 is 10.6 Å². The molecule has 148 valence electrons. The van der Waals surface area contributed by atoms with Crippen LogP contribution in [-0.4, -0.2) is 27.0 Å². The van der Waals surface area contributed by atoms with Gasteiger partial charge in [0.1, 0.15) is 0 Å². The third-order valence-electron chi connectivity index (χ3n) is 4.57. The van der Waals surface area contributed by atoms with Crippen LogP contribution in [0.25, 0.3) is 15.9 Å². The molecule has 0 aliphatic heterocycles. The van der Waals surface area contributed by atoms with Gasteiger partial charge in [0.2, 0.25) is 10.1 Å². The van der Waals surface area contributed by atoms with Crippen molar-refractivity contribution in [3.63, 3.8) is 0 Å². The highest BCUT2D eigenvalue weighted by Gasteiger charge is 2.11. The number of anilines is 2. The molecule has 1 amide bonds. The fourth-order valence-corrected chi connectivity index (χ4v) is 3.83. The molecule has 0 atom stereocenters. The number of nitrogens with one attached hydrogen (secondary N) is 2. The van der Waals surface area contributed by atoms with Crippen LogP contribution in [0.2, 0.25) is 0 Å². The number of hydrogen-bond acceptors (Lipinski definition) is 6. The molecule has 0 saturated carbocycles. The van der Waals surface area contributed by atoms with Crippen LogP contribution in [0.5, 0.6) is 0 Å². The topological polar surface area (TPSA) is 88.4 Å². The molecule has 0 fully saturated rings. The quantitative estimate of drug-likeness (QED) is 0.453. The summed E-state index contributed by atoms with van der Waals surface area (Å²) in [6, 6.07) is 14.4. The van der Waals surface area contributed by atoms with Crippen molar-refractivity contribution in [2.75, 3.05) is 11.9 Å². The standard InChI is InChI=1S/C21H21N5O2S/c1-2-3-6-13-22-18(27)14-9-11-15(12-10-14)23-20-25-26-19(28)16-7-4-5-8-17(16)24-21(26)29-20/h4-5,7-12H,2-3,6,13H2,1H3,(H,22,27)(H,23,25). The molecule has 0 bridgehead atoms. The van der Waals surface area contributed by atoms with Crippen LogP contribution in [0.3, 0.4) is 0 Å². The number of rotatable bonds is 7. The van der Waals surface area contributed by atoms with E-state index in [4.69, 9.17) is 0 Å². The molecule has 29 heavy (non-hydrogen) atoms. The first kappa shape index (κ1) is 19.1. The number of carbonyl (C=O) groups is 1. The summed E-state index contributed by atoms with van der Waals surface area (Å²) < 4.78 is 1.31. The van der Waals surface area contributed by atoms with Crippen molar-refractivity contribution < 1.29 is 4.79 Å². The number of benzene rings is 2. The Morgan fingerprint density at radius 2 is 1.90 bits per heavy atom. The maximum atomic E-state index is 12.6. The Morgan fingerprint density at radius 3 is 2.69 bits per heavy atom. The van der Waals surface area contributed by atoms with Crippen molar-refractivity contribution in [2.45, 2.75) is 26.2 Å². The van der Waals surface area contributed by atoms with Gasteiger partial charge in [0.05, 0.1) is 10.9 Å². The first-order valence-corrected chi connectivity index (χ1v) is 10.4. The lowest BCUT2D eigenvalue weighted by Crippen LogP contribution is -2.24. The minimum absolute atomic E-state index is 0.0740. The first-order chi connectivity index (χ1) is 14.2. The lowest BCUT2D eigenvalue weighted by Gasteiger charge is -2.06. The van der Waals surface area contributed by atoms with Gasteiger partial charge in [-0.15, -0.1) is 5.10 Å². The van der Waals surface area contributed by atoms with Crippen molar-refractivity contribution in [1.82, 2.24) is 19.9 Å². The zero-order chi connectivity index (χ0) is 20.2. The Morgan fingerprint density at radius 1 is 1.10 bits per heavy atom. The van der Waals surface area contributed by atoms with Crippen molar-refractivity contribution in [3.05, 3.63) is 64.4 Å². The Labute approximate surface area is 171 Å². The maximum Gasteiger partial charge on any atom is 0.283 e. The second-order valence-corrected chi connectivity index (χ2v) is 7.66. The Bertz CT molecular complexity index is 1210. The van der Waals surface area contributed by atoms with Gasteiger partial charge >= 0.3 is 0 Å². The summed E-state index contributed by atoms with van der Waals surface area (Å²) in [5, 5.41) is 11.5. The number of unbranched alkanes of at least 4 members (excludes halogenated alkanes) is 2. The number of fused-ring (bicyclic) bond motifs is 2. The number of amides is 1. The summed E-state index contributed by atoms with van der Waals surface area (Å²) in [6.07, 6.45) is 3.22. The van der Waals surface area contributed by atoms with E-state index in [2.05, 4.69) is 27.6 Å². The van der Waals surface area contributed by atoms with Crippen LogP contribution in [0.4, 0.5) is 10.8 Å². The van der Waals surface area contributed by atoms with Crippen LogP contribution >= 0.6 is 11.3 Å². The molecule has 0 spiro atoms. The smallest absolute Gasteiger partial charge is 0.283 e. The fraction of sp³-hybridized carbons (Fsp3) is 0.238. The fourth-order valence-electron chi connectivity index (χ4n) is 3.01. The molecule has 2 aromatic heterocycles. The van der Waals surface area contributed by atoms with E-state index < -0.39 is 0 Å². The van der Waals surface area contributed by atoms with Crippen molar-refractivity contribution in [2.24, 2.45) is 0 Å². The van der Waals surface area contributed by atoms with E-state index in [1.807, 2.05) is 30.3 Å². The predicted octanol–water partition coefficient (Wildman–Crippen LogP) is 3.97. The number of nitrogens with zero attached hydrogens (tertiary/aromatic N) is 3. The van der Waals surface area contributed by atoms with Crippen molar-refractivity contribution in [1.29, 1.82) is 0 Å². The van der Waals surface area contributed by atoms with E-state index in [1.54, 1.807) is 18.2 Å². The SMILES string of the molecule is CCCCCNC(=O)c1ccc(Nc2nn3c(=O)c4ccccc4nc3s2)cc1. The number of para-hydroxylation sites is 1. The van der Waals surface area contributed by atoms with E-state index in [0.29, 0.717) is 33.1 Å². The molecular weight excluding hydrogens is 386 g/mol. The van der Waals surface area contributed by atoms with Crippen LogP contribution in [0.1, 0.15) is 36.5 Å². The molecule has 8 heteroatoms. The molecule has 0 radical (unpaired) electrons. The van der Waals surface area contributed by atoms with E-state index in [1.165, 1.54) is 15.9 Å². The molecule has 4 aromatic rings. The second kappa shape index (κ2) is 8.40.